The lowest BCUT2D eigenvalue weighted by Gasteiger charge is -2.34. The molecule has 1 aliphatic rings. The van der Waals surface area contributed by atoms with Crippen LogP contribution in [0.4, 0.5) is 5.69 Å². The second-order valence-electron chi connectivity index (χ2n) is 6.54. The molecule has 28 heavy (non-hydrogen) atoms. The van der Waals surface area contributed by atoms with Crippen LogP contribution < -0.4 is 9.64 Å². The molecule has 1 saturated heterocycles. The number of aryl methyl sites for hydroxylation is 1. The highest BCUT2D eigenvalue weighted by Gasteiger charge is 2.31. The summed E-state index contributed by atoms with van der Waals surface area (Å²) in [4.78, 5) is 2.15. The molecule has 1 aliphatic heterocycles. The van der Waals surface area contributed by atoms with Crippen LogP contribution in [0.2, 0.25) is 0 Å². The van der Waals surface area contributed by atoms with Crippen LogP contribution >= 0.6 is 0 Å². The highest BCUT2D eigenvalue weighted by atomic mass is 32.2. The van der Waals surface area contributed by atoms with Crippen LogP contribution in [0.3, 0.4) is 0 Å². The SMILES string of the molecule is COc1ccc(N2CCN(S(=O)(=O)c3ccc(-c4cc(C)no4)o3)CC2)cc1. The van der Waals surface area contributed by atoms with E-state index in [1.54, 1.807) is 26.2 Å². The lowest BCUT2D eigenvalue weighted by atomic mass is 10.2. The van der Waals surface area contributed by atoms with E-state index in [-0.39, 0.29) is 5.09 Å². The summed E-state index contributed by atoms with van der Waals surface area (Å²) < 4.78 is 43.1. The fraction of sp³-hybridized carbons (Fsp3) is 0.316. The molecule has 8 nitrogen and oxygen atoms in total. The lowest BCUT2D eigenvalue weighted by Crippen LogP contribution is -2.48. The minimum Gasteiger partial charge on any atom is -0.497 e. The number of hydrogen-bond donors (Lipinski definition) is 0. The van der Waals surface area contributed by atoms with Crippen LogP contribution in [0.1, 0.15) is 5.69 Å². The molecule has 2 aromatic heterocycles. The van der Waals surface area contributed by atoms with Gasteiger partial charge in [-0.25, -0.2) is 8.42 Å². The van der Waals surface area contributed by atoms with Gasteiger partial charge in [-0.05, 0) is 43.3 Å². The number of benzene rings is 1. The molecule has 0 spiro atoms. The number of nitrogens with zero attached hydrogens (tertiary/aromatic N) is 3. The Morgan fingerprint density at radius 1 is 1.00 bits per heavy atom. The van der Waals surface area contributed by atoms with Crippen LogP contribution in [0, 0.1) is 6.92 Å². The van der Waals surface area contributed by atoms with E-state index >= 15 is 0 Å². The van der Waals surface area contributed by atoms with Gasteiger partial charge in [0, 0.05) is 37.9 Å². The van der Waals surface area contributed by atoms with Gasteiger partial charge in [0.05, 0.1) is 12.8 Å². The predicted octanol–water partition coefficient (Wildman–Crippen LogP) is 2.76. The Morgan fingerprint density at radius 2 is 1.71 bits per heavy atom. The van der Waals surface area contributed by atoms with Crippen LogP contribution in [0.5, 0.6) is 5.75 Å². The second kappa shape index (κ2) is 7.33. The van der Waals surface area contributed by atoms with E-state index in [4.69, 9.17) is 13.7 Å². The summed E-state index contributed by atoms with van der Waals surface area (Å²) in [5.74, 6) is 1.54. The maximum Gasteiger partial charge on any atom is 0.276 e. The van der Waals surface area contributed by atoms with Gasteiger partial charge >= 0.3 is 0 Å². The normalized spacial score (nSPS) is 15.7. The van der Waals surface area contributed by atoms with Crippen molar-refractivity contribution < 1.29 is 22.1 Å². The Labute approximate surface area is 163 Å². The number of furan rings is 1. The van der Waals surface area contributed by atoms with Crippen LogP contribution in [-0.2, 0) is 10.0 Å². The number of piperazine rings is 1. The monoisotopic (exact) mass is 403 g/mol. The van der Waals surface area contributed by atoms with Gasteiger partial charge in [0.15, 0.2) is 5.76 Å². The van der Waals surface area contributed by atoms with E-state index in [0.29, 0.717) is 43.4 Å². The summed E-state index contributed by atoms with van der Waals surface area (Å²) in [5.41, 5.74) is 1.74. The fourth-order valence-corrected chi connectivity index (χ4v) is 4.51. The van der Waals surface area contributed by atoms with Crippen LogP contribution in [0.15, 0.2) is 56.5 Å². The Kier molecular flexibility index (Phi) is 4.86. The standard InChI is InChI=1S/C19H21N3O5S/c1-14-13-18(27-20-14)17-7-8-19(26-17)28(23,24)22-11-9-21(10-12-22)15-3-5-16(25-2)6-4-15/h3-8,13H,9-12H2,1-2H3. The van der Waals surface area contributed by atoms with Gasteiger partial charge in [-0.1, -0.05) is 5.16 Å². The van der Waals surface area contributed by atoms with Crippen molar-refractivity contribution in [3.05, 3.63) is 48.2 Å². The number of methoxy groups -OCH3 is 1. The van der Waals surface area contributed by atoms with E-state index in [9.17, 15) is 8.42 Å². The molecular weight excluding hydrogens is 382 g/mol. The molecule has 3 aromatic rings. The highest BCUT2D eigenvalue weighted by Crippen LogP contribution is 2.28. The summed E-state index contributed by atoms with van der Waals surface area (Å²) in [5, 5.41) is 3.71. The van der Waals surface area contributed by atoms with Gasteiger partial charge < -0.3 is 18.6 Å². The summed E-state index contributed by atoms with van der Waals surface area (Å²) >= 11 is 0. The first-order valence-electron chi connectivity index (χ1n) is 8.90. The Morgan fingerprint density at radius 3 is 2.32 bits per heavy atom. The van der Waals surface area contributed by atoms with E-state index < -0.39 is 10.0 Å². The zero-order valence-corrected chi connectivity index (χ0v) is 16.5. The van der Waals surface area contributed by atoms with E-state index in [0.717, 1.165) is 11.4 Å². The summed E-state index contributed by atoms with van der Waals surface area (Å²) in [6, 6.07) is 12.5. The van der Waals surface area contributed by atoms with Crippen molar-refractivity contribution in [1.29, 1.82) is 0 Å². The van der Waals surface area contributed by atoms with Crippen LogP contribution in [0.25, 0.3) is 11.5 Å². The molecule has 9 heteroatoms. The molecule has 0 unspecified atom stereocenters. The topological polar surface area (TPSA) is 89.0 Å². The molecule has 3 heterocycles. The molecule has 4 rings (SSSR count). The quantitative estimate of drug-likeness (QED) is 0.647. The van der Waals surface area contributed by atoms with Gasteiger partial charge in [-0.3, -0.25) is 0 Å². The third-order valence-electron chi connectivity index (χ3n) is 4.72. The van der Waals surface area contributed by atoms with Gasteiger partial charge in [0.2, 0.25) is 10.9 Å². The molecule has 0 aliphatic carbocycles. The van der Waals surface area contributed by atoms with Gasteiger partial charge in [0.25, 0.3) is 10.0 Å². The number of rotatable bonds is 5. The smallest absolute Gasteiger partial charge is 0.276 e. The summed E-state index contributed by atoms with van der Waals surface area (Å²) in [6.07, 6.45) is 0. The minimum atomic E-state index is -3.70. The van der Waals surface area contributed by atoms with Crippen molar-refractivity contribution in [2.24, 2.45) is 0 Å². The van der Waals surface area contributed by atoms with Gasteiger partial charge in [0.1, 0.15) is 5.75 Å². The maximum absolute atomic E-state index is 12.9. The number of anilines is 1. The van der Waals surface area contributed by atoms with E-state index in [1.807, 2.05) is 24.3 Å². The predicted molar refractivity (Wildman–Crippen MR) is 103 cm³/mol. The molecule has 0 N–H and O–H groups in total. The summed E-state index contributed by atoms with van der Waals surface area (Å²) in [6.45, 7) is 3.74. The van der Waals surface area contributed by atoms with Gasteiger partial charge in [-0.2, -0.15) is 4.31 Å². The molecular formula is C19H21N3O5S. The third-order valence-corrected chi connectivity index (χ3v) is 6.50. The molecule has 1 aromatic carbocycles. The van der Waals surface area contributed by atoms with E-state index in [1.165, 1.54) is 10.4 Å². The third kappa shape index (κ3) is 3.50. The Bertz CT molecular complexity index is 1050. The number of hydrogen-bond acceptors (Lipinski definition) is 7. The minimum absolute atomic E-state index is 0.0885. The average Bonchev–Trinajstić information content (AvgIpc) is 3.38. The molecule has 0 bridgehead atoms. The van der Waals surface area contributed by atoms with Crippen molar-refractivity contribution in [3.63, 3.8) is 0 Å². The molecule has 148 valence electrons. The molecule has 0 atom stereocenters. The second-order valence-corrected chi connectivity index (χ2v) is 8.41. The first kappa shape index (κ1) is 18.6. The number of aromatic nitrogens is 1. The first-order chi connectivity index (χ1) is 13.5. The van der Waals surface area contributed by atoms with Gasteiger partial charge in [-0.15, -0.1) is 0 Å². The molecule has 0 radical (unpaired) electrons. The maximum atomic E-state index is 12.9. The molecule has 0 amide bonds. The Hall–Kier alpha value is -2.78. The zero-order valence-electron chi connectivity index (χ0n) is 15.7. The average molecular weight is 403 g/mol. The van der Waals surface area contributed by atoms with Crippen molar-refractivity contribution in [3.8, 4) is 17.3 Å². The highest BCUT2D eigenvalue weighted by molar-refractivity contribution is 7.89. The summed E-state index contributed by atoms with van der Waals surface area (Å²) in [7, 11) is -2.07. The lowest BCUT2D eigenvalue weighted by molar-refractivity contribution is 0.358. The van der Waals surface area contributed by atoms with Crippen LogP contribution in [-0.4, -0.2) is 51.2 Å². The number of ether oxygens (including phenoxy) is 1. The molecule has 1 fully saturated rings. The first-order valence-corrected chi connectivity index (χ1v) is 10.3. The van der Waals surface area contributed by atoms with Crippen molar-refractivity contribution in [2.75, 3.05) is 38.2 Å². The fourth-order valence-electron chi connectivity index (χ4n) is 3.18. The van der Waals surface area contributed by atoms with Crippen molar-refractivity contribution >= 4 is 15.7 Å². The van der Waals surface area contributed by atoms with Crippen molar-refractivity contribution in [2.45, 2.75) is 12.0 Å². The number of sulfonamides is 1. The zero-order chi connectivity index (χ0) is 19.7. The van der Waals surface area contributed by atoms with Crippen molar-refractivity contribution in [1.82, 2.24) is 9.46 Å². The molecule has 0 saturated carbocycles. The van der Waals surface area contributed by atoms with E-state index in [2.05, 4.69) is 10.1 Å². The Balaban J connectivity index is 1.45. The largest absolute Gasteiger partial charge is 0.497 e.